The maximum atomic E-state index is 12.2. The van der Waals surface area contributed by atoms with Crippen LogP contribution in [-0.2, 0) is 9.59 Å². The number of rotatable bonds is 6. The summed E-state index contributed by atoms with van der Waals surface area (Å²) in [6.07, 6.45) is -2.07. The Balaban J connectivity index is 1.91. The van der Waals surface area contributed by atoms with Gasteiger partial charge in [0.15, 0.2) is 0 Å². The number of aryl methyl sites for hydroxylation is 1. The van der Waals surface area contributed by atoms with Gasteiger partial charge in [-0.3, -0.25) is 9.59 Å². The molecule has 154 valence electrons. The number of nitrogens with one attached hydrogen (secondary N) is 1. The van der Waals surface area contributed by atoms with Crippen LogP contribution in [0, 0.1) is 13.8 Å². The van der Waals surface area contributed by atoms with Crippen molar-refractivity contribution in [2.75, 3.05) is 18.9 Å². The van der Waals surface area contributed by atoms with Crippen molar-refractivity contribution >= 4 is 23.6 Å². The highest BCUT2D eigenvalue weighted by atomic mass is 19.4. The molecule has 0 saturated heterocycles. The molecule has 0 aliphatic carbocycles. The Bertz CT molecular complexity index is 906. The van der Waals surface area contributed by atoms with Crippen LogP contribution in [-0.4, -0.2) is 36.7 Å². The largest absolute Gasteiger partial charge is 0.573 e. The molecule has 8 heteroatoms. The molecule has 0 aliphatic heterocycles. The number of nitrogens with zero attached hydrogens (tertiary/aromatic N) is 1. The molecule has 0 heterocycles. The van der Waals surface area contributed by atoms with Crippen LogP contribution >= 0.6 is 0 Å². The average Bonchev–Trinajstić information content (AvgIpc) is 2.63. The van der Waals surface area contributed by atoms with Crippen molar-refractivity contribution in [3.63, 3.8) is 0 Å². The first-order valence-corrected chi connectivity index (χ1v) is 8.70. The number of alkyl halides is 3. The number of carbonyl (C=O) groups excluding carboxylic acids is 2. The summed E-state index contributed by atoms with van der Waals surface area (Å²) in [4.78, 5) is 25.6. The second-order valence-corrected chi connectivity index (χ2v) is 6.44. The van der Waals surface area contributed by atoms with E-state index in [-0.39, 0.29) is 18.2 Å². The van der Waals surface area contributed by atoms with E-state index >= 15 is 0 Å². The van der Waals surface area contributed by atoms with Crippen molar-refractivity contribution < 1.29 is 27.5 Å². The van der Waals surface area contributed by atoms with Crippen molar-refractivity contribution in [3.05, 3.63) is 65.2 Å². The summed E-state index contributed by atoms with van der Waals surface area (Å²) in [5.74, 6) is -1.10. The summed E-state index contributed by atoms with van der Waals surface area (Å²) >= 11 is 0. The topological polar surface area (TPSA) is 58.6 Å². The molecule has 0 bridgehead atoms. The molecule has 2 aromatic rings. The van der Waals surface area contributed by atoms with Crippen molar-refractivity contribution in [1.82, 2.24) is 4.90 Å². The van der Waals surface area contributed by atoms with Gasteiger partial charge in [0.1, 0.15) is 5.75 Å². The van der Waals surface area contributed by atoms with Gasteiger partial charge in [-0.2, -0.15) is 0 Å². The van der Waals surface area contributed by atoms with E-state index in [0.29, 0.717) is 11.3 Å². The minimum atomic E-state index is -4.76. The van der Waals surface area contributed by atoms with Crippen molar-refractivity contribution in [1.29, 1.82) is 0 Å². The number of benzene rings is 2. The van der Waals surface area contributed by atoms with E-state index in [1.165, 1.54) is 36.2 Å². The highest BCUT2D eigenvalue weighted by molar-refractivity contribution is 5.98. The van der Waals surface area contributed by atoms with E-state index in [0.717, 1.165) is 23.3 Å². The standard InChI is InChI=1S/C21H21F3N2O3/c1-14-5-4-6-18(15(14)2)25-19(27)13-26(3)20(28)12-9-16-7-10-17(11-8-16)29-21(22,23)24/h4-12H,13H2,1-3H3,(H,25,27)/b12-9+. The summed E-state index contributed by atoms with van der Waals surface area (Å²) in [5, 5.41) is 2.77. The predicted octanol–water partition coefficient (Wildman–Crippen LogP) is 4.31. The maximum Gasteiger partial charge on any atom is 0.573 e. The van der Waals surface area contributed by atoms with Crippen molar-refractivity contribution in [3.8, 4) is 5.75 Å². The first kappa shape index (κ1) is 22.0. The Morgan fingerprint density at radius 2 is 1.76 bits per heavy atom. The molecule has 2 rings (SSSR count). The number of halogens is 3. The number of amides is 2. The molecule has 29 heavy (non-hydrogen) atoms. The van der Waals surface area contributed by atoms with E-state index in [4.69, 9.17) is 0 Å². The molecule has 0 saturated carbocycles. The first-order valence-electron chi connectivity index (χ1n) is 8.70. The van der Waals surface area contributed by atoms with E-state index in [9.17, 15) is 22.8 Å². The van der Waals surface area contributed by atoms with E-state index < -0.39 is 12.3 Å². The normalized spacial score (nSPS) is 11.4. The fourth-order valence-electron chi connectivity index (χ4n) is 2.44. The zero-order chi connectivity index (χ0) is 21.6. The maximum absolute atomic E-state index is 12.2. The summed E-state index contributed by atoms with van der Waals surface area (Å²) in [6.45, 7) is 3.69. The van der Waals surface area contributed by atoms with E-state index in [1.807, 2.05) is 26.0 Å². The molecule has 0 radical (unpaired) electrons. The van der Waals surface area contributed by atoms with Gasteiger partial charge in [0, 0.05) is 18.8 Å². The minimum Gasteiger partial charge on any atom is -0.406 e. The van der Waals surface area contributed by atoms with Gasteiger partial charge in [-0.1, -0.05) is 24.3 Å². The number of carbonyl (C=O) groups is 2. The van der Waals surface area contributed by atoms with Gasteiger partial charge >= 0.3 is 6.36 Å². The highest BCUT2D eigenvalue weighted by Crippen LogP contribution is 2.23. The summed E-state index contributed by atoms with van der Waals surface area (Å²) < 4.78 is 40.2. The number of ether oxygens (including phenoxy) is 1. The van der Waals surface area contributed by atoms with Gasteiger partial charge in [-0.15, -0.1) is 13.2 Å². The van der Waals surface area contributed by atoms with Crippen LogP contribution < -0.4 is 10.1 Å². The summed E-state index contributed by atoms with van der Waals surface area (Å²) in [6, 6.07) is 10.6. The molecular weight excluding hydrogens is 385 g/mol. The quantitative estimate of drug-likeness (QED) is 0.728. The fourth-order valence-corrected chi connectivity index (χ4v) is 2.44. The first-order chi connectivity index (χ1) is 13.5. The average molecular weight is 406 g/mol. The van der Waals surface area contributed by atoms with Gasteiger partial charge in [0.2, 0.25) is 11.8 Å². The number of anilines is 1. The Hall–Kier alpha value is -3.29. The fraction of sp³-hybridized carbons (Fsp3) is 0.238. The molecule has 5 nitrogen and oxygen atoms in total. The third-order valence-electron chi connectivity index (χ3n) is 4.17. The van der Waals surface area contributed by atoms with Crippen LogP contribution in [0.15, 0.2) is 48.5 Å². The SMILES string of the molecule is Cc1cccc(NC(=O)CN(C)C(=O)/C=C/c2ccc(OC(F)(F)F)cc2)c1C. The van der Waals surface area contributed by atoms with E-state index in [2.05, 4.69) is 10.1 Å². The third-order valence-corrected chi connectivity index (χ3v) is 4.17. The molecular formula is C21H21F3N2O3. The van der Waals surface area contributed by atoms with Crippen molar-refractivity contribution in [2.45, 2.75) is 20.2 Å². The number of likely N-dealkylation sites (N-methyl/N-ethyl adjacent to an activating group) is 1. The van der Waals surface area contributed by atoms with Crippen LogP contribution in [0.25, 0.3) is 6.08 Å². The van der Waals surface area contributed by atoms with Crippen LogP contribution in [0.5, 0.6) is 5.75 Å². The van der Waals surface area contributed by atoms with Gasteiger partial charge in [0.05, 0.1) is 6.54 Å². The Kier molecular flexibility index (Phi) is 7.03. The van der Waals surface area contributed by atoms with Gasteiger partial charge in [0.25, 0.3) is 0 Å². The molecule has 2 amide bonds. The molecule has 0 aliphatic rings. The second kappa shape index (κ2) is 9.27. The Labute approximate surface area is 166 Å². The smallest absolute Gasteiger partial charge is 0.406 e. The number of hydrogen-bond donors (Lipinski definition) is 1. The monoisotopic (exact) mass is 406 g/mol. The molecule has 0 unspecified atom stereocenters. The molecule has 0 fully saturated rings. The molecule has 1 N–H and O–H groups in total. The van der Waals surface area contributed by atoms with Crippen molar-refractivity contribution in [2.24, 2.45) is 0 Å². The van der Waals surface area contributed by atoms with Crippen LogP contribution in [0.2, 0.25) is 0 Å². The van der Waals surface area contributed by atoms with Crippen LogP contribution in [0.1, 0.15) is 16.7 Å². The summed E-state index contributed by atoms with van der Waals surface area (Å²) in [5.41, 5.74) is 3.20. The third kappa shape index (κ3) is 6.99. The lowest BCUT2D eigenvalue weighted by Crippen LogP contribution is -2.34. The molecule has 2 aromatic carbocycles. The van der Waals surface area contributed by atoms with Crippen LogP contribution in [0.4, 0.5) is 18.9 Å². The lowest BCUT2D eigenvalue weighted by molar-refractivity contribution is -0.274. The highest BCUT2D eigenvalue weighted by Gasteiger charge is 2.30. The lowest BCUT2D eigenvalue weighted by atomic mass is 10.1. The summed E-state index contributed by atoms with van der Waals surface area (Å²) in [7, 11) is 1.48. The van der Waals surface area contributed by atoms with Gasteiger partial charge < -0.3 is 15.0 Å². The Morgan fingerprint density at radius 3 is 2.38 bits per heavy atom. The zero-order valence-corrected chi connectivity index (χ0v) is 16.2. The predicted molar refractivity (Wildman–Crippen MR) is 104 cm³/mol. The van der Waals surface area contributed by atoms with E-state index in [1.54, 1.807) is 6.07 Å². The molecule has 0 atom stereocenters. The minimum absolute atomic E-state index is 0.144. The molecule has 0 aromatic heterocycles. The second-order valence-electron chi connectivity index (χ2n) is 6.44. The zero-order valence-electron chi connectivity index (χ0n) is 16.2. The Morgan fingerprint density at radius 1 is 1.10 bits per heavy atom. The lowest BCUT2D eigenvalue weighted by Gasteiger charge is -2.16. The van der Waals surface area contributed by atoms with Gasteiger partial charge in [-0.05, 0) is 54.8 Å². The van der Waals surface area contributed by atoms with Crippen LogP contribution in [0.3, 0.4) is 0 Å². The molecule has 0 spiro atoms. The van der Waals surface area contributed by atoms with Gasteiger partial charge in [-0.25, -0.2) is 0 Å². The number of hydrogen-bond acceptors (Lipinski definition) is 3.